The van der Waals surface area contributed by atoms with E-state index in [0.717, 1.165) is 0 Å². The number of carbonyl (C=O) groups excluding carboxylic acids is 1. The summed E-state index contributed by atoms with van der Waals surface area (Å²) < 4.78 is 0. The largest absolute Gasteiger partial charge is 0.326 e. The fraction of sp³-hybridized carbons (Fsp3) is 0.364. The molecule has 1 N–H and O–H groups in total. The van der Waals surface area contributed by atoms with Gasteiger partial charge in [0, 0.05) is 23.7 Å². The number of amides is 1. The smallest absolute Gasteiger partial charge is 0.269 e. The van der Waals surface area contributed by atoms with E-state index in [1.54, 1.807) is 13.8 Å². The van der Waals surface area contributed by atoms with E-state index in [2.05, 4.69) is 5.32 Å². The Morgan fingerprint density at radius 1 is 1.41 bits per heavy atom. The summed E-state index contributed by atoms with van der Waals surface area (Å²) in [6, 6.07) is 5.65. The van der Waals surface area contributed by atoms with E-state index in [1.807, 2.05) is 0 Å². The summed E-state index contributed by atoms with van der Waals surface area (Å²) in [7, 11) is 0. The van der Waals surface area contributed by atoms with Gasteiger partial charge in [0.1, 0.15) is 0 Å². The number of anilines is 1. The normalized spacial score (nSPS) is 11.0. The van der Waals surface area contributed by atoms with Crippen molar-refractivity contribution in [3.05, 3.63) is 34.4 Å². The highest BCUT2D eigenvalue weighted by atomic mass is 35.5. The zero-order chi connectivity index (χ0) is 13.1. The van der Waals surface area contributed by atoms with Crippen LogP contribution in [0.2, 0.25) is 0 Å². The molecule has 17 heavy (non-hydrogen) atoms. The highest BCUT2D eigenvalue weighted by Gasteiger charge is 2.26. The molecule has 1 aromatic carbocycles. The molecule has 6 heteroatoms. The predicted molar refractivity (Wildman–Crippen MR) is 66.2 cm³/mol. The van der Waals surface area contributed by atoms with Crippen molar-refractivity contribution in [3.8, 4) is 0 Å². The number of halogens is 1. The maximum Gasteiger partial charge on any atom is 0.269 e. The molecule has 1 amide bonds. The number of alkyl halides is 1. The maximum absolute atomic E-state index is 11.8. The third-order valence-corrected chi connectivity index (χ3v) is 2.95. The van der Waals surface area contributed by atoms with Crippen molar-refractivity contribution in [2.45, 2.75) is 13.8 Å². The first-order valence-electron chi connectivity index (χ1n) is 4.99. The standard InChI is InChI=1S/C11H13ClN2O3/c1-11(2,7-12)10(15)13-8-3-5-9(6-4-8)14(16)17/h3-6H,7H2,1-2H3,(H,13,15). The molecule has 0 unspecified atom stereocenters. The Bertz CT molecular complexity index is 429. The lowest BCUT2D eigenvalue weighted by atomic mass is 9.95. The van der Waals surface area contributed by atoms with Crippen LogP contribution in [-0.2, 0) is 4.79 Å². The second-order valence-electron chi connectivity index (χ2n) is 4.28. The highest BCUT2D eigenvalue weighted by Crippen LogP contribution is 2.21. The van der Waals surface area contributed by atoms with Crippen LogP contribution in [0.25, 0.3) is 0 Å². The van der Waals surface area contributed by atoms with Crippen LogP contribution in [0.5, 0.6) is 0 Å². The minimum Gasteiger partial charge on any atom is -0.326 e. The Balaban J connectivity index is 2.76. The van der Waals surface area contributed by atoms with Crippen molar-refractivity contribution in [1.29, 1.82) is 0 Å². The topological polar surface area (TPSA) is 72.2 Å². The van der Waals surface area contributed by atoms with E-state index in [1.165, 1.54) is 24.3 Å². The zero-order valence-electron chi connectivity index (χ0n) is 9.57. The zero-order valence-corrected chi connectivity index (χ0v) is 10.3. The molecule has 1 aromatic rings. The Labute approximate surface area is 104 Å². The summed E-state index contributed by atoms with van der Waals surface area (Å²) in [6.45, 7) is 3.45. The summed E-state index contributed by atoms with van der Waals surface area (Å²) in [5.41, 5.74) is -0.179. The number of nitrogens with one attached hydrogen (secondary N) is 1. The predicted octanol–water partition coefficient (Wildman–Crippen LogP) is 2.80. The van der Waals surface area contributed by atoms with E-state index in [4.69, 9.17) is 11.6 Å². The lowest BCUT2D eigenvalue weighted by Crippen LogP contribution is -2.32. The molecule has 5 nitrogen and oxygen atoms in total. The molecule has 92 valence electrons. The SMILES string of the molecule is CC(C)(CCl)C(=O)Nc1ccc([N+](=O)[O-])cc1. The number of benzene rings is 1. The second-order valence-corrected chi connectivity index (χ2v) is 4.54. The van der Waals surface area contributed by atoms with Gasteiger partial charge in [-0.05, 0) is 26.0 Å². The number of carbonyl (C=O) groups is 1. The first-order valence-corrected chi connectivity index (χ1v) is 5.52. The van der Waals surface area contributed by atoms with E-state index in [9.17, 15) is 14.9 Å². The molecule has 0 heterocycles. The lowest BCUT2D eigenvalue weighted by Gasteiger charge is -2.20. The first-order chi connectivity index (χ1) is 7.86. The van der Waals surface area contributed by atoms with Crippen molar-refractivity contribution in [1.82, 2.24) is 0 Å². The average Bonchev–Trinajstić information content (AvgIpc) is 2.29. The van der Waals surface area contributed by atoms with Gasteiger partial charge in [0.2, 0.25) is 5.91 Å². The van der Waals surface area contributed by atoms with Gasteiger partial charge < -0.3 is 5.32 Å². The Hall–Kier alpha value is -1.62. The summed E-state index contributed by atoms with van der Waals surface area (Å²) in [6.07, 6.45) is 0. The fourth-order valence-electron chi connectivity index (χ4n) is 1.03. The number of rotatable bonds is 4. The Morgan fingerprint density at radius 3 is 2.35 bits per heavy atom. The minimum atomic E-state index is -0.677. The van der Waals surface area contributed by atoms with E-state index >= 15 is 0 Å². The van der Waals surface area contributed by atoms with Gasteiger partial charge in [0.15, 0.2) is 0 Å². The van der Waals surface area contributed by atoms with Gasteiger partial charge in [-0.3, -0.25) is 14.9 Å². The molecule has 1 rings (SSSR count). The van der Waals surface area contributed by atoms with Gasteiger partial charge in [-0.15, -0.1) is 11.6 Å². The number of nitrogens with zero attached hydrogens (tertiary/aromatic N) is 1. The van der Waals surface area contributed by atoms with Gasteiger partial charge in [-0.2, -0.15) is 0 Å². The Kier molecular flexibility index (Phi) is 4.07. The number of hydrogen-bond acceptors (Lipinski definition) is 3. The molecular formula is C11H13ClN2O3. The minimum absolute atomic E-state index is 0.0143. The van der Waals surface area contributed by atoms with E-state index in [0.29, 0.717) is 5.69 Å². The van der Waals surface area contributed by atoms with Gasteiger partial charge in [-0.25, -0.2) is 0 Å². The summed E-state index contributed by atoms with van der Waals surface area (Å²) >= 11 is 5.67. The third-order valence-electron chi connectivity index (χ3n) is 2.28. The number of non-ortho nitro benzene ring substituents is 1. The number of nitro groups is 1. The van der Waals surface area contributed by atoms with Gasteiger partial charge in [0.25, 0.3) is 5.69 Å². The summed E-state index contributed by atoms with van der Waals surface area (Å²) in [5, 5.41) is 13.1. The molecule has 0 aliphatic heterocycles. The first kappa shape index (κ1) is 13.4. The van der Waals surface area contributed by atoms with Crippen LogP contribution in [-0.4, -0.2) is 16.7 Å². The van der Waals surface area contributed by atoms with Crippen LogP contribution in [0, 0.1) is 15.5 Å². The monoisotopic (exact) mass is 256 g/mol. The van der Waals surface area contributed by atoms with E-state index < -0.39 is 10.3 Å². The molecule has 0 aliphatic rings. The molecule has 0 fully saturated rings. The molecule has 0 aliphatic carbocycles. The molecule has 0 bridgehead atoms. The van der Waals surface area contributed by atoms with Crippen LogP contribution in [0.1, 0.15) is 13.8 Å². The number of hydrogen-bond donors (Lipinski definition) is 1. The van der Waals surface area contributed by atoms with Crippen molar-refractivity contribution in [2.75, 3.05) is 11.2 Å². The quantitative estimate of drug-likeness (QED) is 0.511. The van der Waals surface area contributed by atoms with Gasteiger partial charge >= 0.3 is 0 Å². The van der Waals surface area contributed by atoms with Crippen molar-refractivity contribution < 1.29 is 9.72 Å². The van der Waals surface area contributed by atoms with Crippen LogP contribution in [0.4, 0.5) is 11.4 Å². The molecule has 0 aromatic heterocycles. The van der Waals surface area contributed by atoms with Crippen molar-refractivity contribution in [2.24, 2.45) is 5.41 Å². The Morgan fingerprint density at radius 2 is 1.94 bits per heavy atom. The molecule has 0 saturated heterocycles. The highest BCUT2D eigenvalue weighted by molar-refractivity contribution is 6.20. The molecule has 0 saturated carbocycles. The second kappa shape index (κ2) is 5.14. The van der Waals surface area contributed by atoms with Gasteiger partial charge in [-0.1, -0.05) is 0 Å². The maximum atomic E-state index is 11.8. The average molecular weight is 257 g/mol. The van der Waals surface area contributed by atoms with E-state index in [-0.39, 0.29) is 17.5 Å². The van der Waals surface area contributed by atoms with Gasteiger partial charge in [0.05, 0.1) is 10.3 Å². The van der Waals surface area contributed by atoms with Crippen LogP contribution in [0.15, 0.2) is 24.3 Å². The van der Waals surface area contributed by atoms with Crippen molar-refractivity contribution >= 4 is 28.9 Å². The van der Waals surface area contributed by atoms with Crippen LogP contribution < -0.4 is 5.32 Å². The molecule has 0 atom stereocenters. The molecule has 0 spiro atoms. The molecule has 0 radical (unpaired) electrons. The van der Waals surface area contributed by atoms with Crippen LogP contribution in [0.3, 0.4) is 0 Å². The summed E-state index contributed by atoms with van der Waals surface area (Å²) in [4.78, 5) is 21.7. The third kappa shape index (κ3) is 3.42. The van der Waals surface area contributed by atoms with Crippen molar-refractivity contribution in [3.63, 3.8) is 0 Å². The fourth-order valence-corrected chi connectivity index (χ4v) is 1.15. The van der Waals surface area contributed by atoms with Crippen LogP contribution >= 0.6 is 11.6 Å². The lowest BCUT2D eigenvalue weighted by molar-refractivity contribution is -0.384. The number of nitro benzene ring substituents is 1. The summed E-state index contributed by atoms with van der Waals surface area (Å²) in [5.74, 6) is -0.0208. The molecular weight excluding hydrogens is 244 g/mol.